The standard InChI is InChI=1S/C20H24N4O2/c1-13-22-17-8-7-15(10-18(17)23-13)20(26)21-11-14-9-19(25)24(12-14)16-5-3-2-4-6-16/h2-6,14-15H,7-12H2,1H3,(H,21,26)(H,22,23)/t14-,15+/m1/s1. The molecule has 136 valence electrons. The van der Waals surface area contributed by atoms with Gasteiger partial charge in [-0.1, -0.05) is 18.2 Å². The second kappa shape index (κ2) is 6.94. The SMILES string of the molecule is Cc1nc2c([nH]1)C[C@@H](C(=O)NC[C@H]1CC(=O)N(c3ccccc3)C1)CC2. The molecule has 2 amide bonds. The highest BCUT2D eigenvalue weighted by atomic mass is 16.2. The maximum Gasteiger partial charge on any atom is 0.227 e. The van der Waals surface area contributed by atoms with Crippen molar-refractivity contribution in [2.24, 2.45) is 11.8 Å². The monoisotopic (exact) mass is 352 g/mol. The lowest BCUT2D eigenvalue weighted by Crippen LogP contribution is -2.37. The number of nitrogens with zero attached hydrogens (tertiary/aromatic N) is 2. The Morgan fingerprint density at radius 1 is 1.31 bits per heavy atom. The normalized spacial score (nSPS) is 22.3. The average Bonchev–Trinajstić information content (AvgIpc) is 3.21. The van der Waals surface area contributed by atoms with Crippen LogP contribution in [0.3, 0.4) is 0 Å². The molecule has 0 bridgehead atoms. The number of aryl methyl sites for hydroxylation is 2. The number of imidazole rings is 1. The predicted octanol–water partition coefficient (Wildman–Crippen LogP) is 1.99. The van der Waals surface area contributed by atoms with Gasteiger partial charge in [-0.25, -0.2) is 4.98 Å². The summed E-state index contributed by atoms with van der Waals surface area (Å²) in [5.41, 5.74) is 3.13. The van der Waals surface area contributed by atoms with E-state index in [4.69, 9.17) is 0 Å². The number of hydrogen-bond acceptors (Lipinski definition) is 3. The zero-order chi connectivity index (χ0) is 18.1. The summed E-state index contributed by atoms with van der Waals surface area (Å²) in [6.07, 6.45) is 2.90. The highest BCUT2D eigenvalue weighted by Crippen LogP contribution is 2.26. The smallest absolute Gasteiger partial charge is 0.227 e. The molecule has 0 saturated carbocycles. The molecule has 1 aliphatic heterocycles. The van der Waals surface area contributed by atoms with Crippen LogP contribution in [0.15, 0.2) is 30.3 Å². The van der Waals surface area contributed by atoms with Gasteiger partial charge in [0.2, 0.25) is 11.8 Å². The van der Waals surface area contributed by atoms with Crippen molar-refractivity contribution in [3.8, 4) is 0 Å². The molecule has 1 aliphatic carbocycles. The molecule has 2 aliphatic rings. The fourth-order valence-electron chi connectivity index (χ4n) is 4.01. The molecular weight excluding hydrogens is 328 g/mol. The number of carbonyl (C=O) groups is 2. The fraction of sp³-hybridized carbons (Fsp3) is 0.450. The highest BCUT2D eigenvalue weighted by molar-refractivity contribution is 5.95. The van der Waals surface area contributed by atoms with Gasteiger partial charge in [-0.3, -0.25) is 9.59 Å². The Bertz CT molecular complexity index is 814. The molecule has 2 heterocycles. The van der Waals surface area contributed by atoms with E-state index in [0.29, 0.717) is 19.5 Å². The predicted molar refractivity (Wildman–Crippen MR) is 98.8 cm³/mol. The zero-order valence-electron chi connectivity index (χ0n) is 15.0. The third kappa shape index (κ3) is 3.36. The number of fused-ring (bicyclic) bond motifs is 1. The number of para-hydroxylation sites is 1. The molecule has 1 saturated heterocycles. The van der Waals surface area contributed by atoms with Crippen LogP contribution in [0.25, 0.3) is 0 Å². The molecule has 0 spiro atoms. The summed E-state index contributed by atoms with van der Waals surface area (Å²) in [5, 5.41) is 3.07. The first-order valence-electron chi connectivity index (χ1n) is 9.27. The van der Waals surface area contributed by atoms with Crippen molar-refractivity contribution in [2.45, 2.75) is 32.6 Å². The van der Waals surface area contributed by atoms with Crippen molar-refractivity contribution < 1.29 is 9.59 Å². The maximum absolute atomic E-state index is 12.6. The van der Waals surface area contributed by atoms with E-state index in [1.165, 1.54) is 0 Å². The molecule has 1 aromatic heterocycles. The van der Waals surface area contributed by atoms with Gasteiger partial charge in [0.1, 0.15) is 5.82 Å². The van der Waals surface area contributed by atoms with Crippen LogP contribution in [0.5, 0.6) is 0 Å². The fourth-order valence-corrected chi connectivity index (χ4v) is 4.01. The summed E-state index contributed by atoms with van der Waals surface area (Å²) in [7, 11) is 0. The first-order chi connectivity index (χ1) is 12.6. The number of aromatic amines is 1. The minimum Gasteiger partial charge on any atom is -0.355 e. The molecule has 6 nitrogen and oxygen atoms in total. The van der Waals surface area contributed by atoms with Gasteiger partial charge in [-0.05, 0) is 31.9 Å². The van der Waals surface area contributed by atoms with Crippen LogP contribution in [0.4, 0.5) is 5.69 Å². The minimum absolute atomic E-state index is 0.00955. The van der Waals surface area contributed by atoms with Crippen molar-refractivity contribution in [1.29, 1.82) is 0 Å². The van der Waals surface area contributed by atoms with Crippen molar-refractivity contribution in [2.75, 3.05) is 18.0 Å². The molecule has 0 radical (unpaired) electrons. The molecule has 1 fully saturated rings. The van der Waals surface area contributed by atoms with E-state index in [-0.39, 0.29) is 23.7 Å². The summed E-state index contributed by atoms with van der Waals surface area (Å²) in [5.74, 6) is 1.30. The summed E-state index contributed by atoms with van der Waals surface area (Å²) in [6.45, 7) is 3.17. The van der Waals surface area contributed by atoms with Gasteiger partial charge in [0.05, 0.1) is 5.69 Å². The zero-order valence-corrected chi connectivity index (χ0v) is 15.0. The Morgan fingerprint density at radius 2 is 2.12 bits per heavy atom. The number of rotatable bonds is 4. The van der Waals surface area contributed by atoms with Gasteiger partial charge in [-0.15, -0.1) is 0 Å². The number of amides is 2. The molecule has 2 aromatic rings. The second-order valence-corrected chi connectivity index (χ2v) is 7.34. The topological polar surface area (TPSA) is 78.1 Å². The van der Waals surface area contributed by atoms with Gasteiger partial charge in [0.15, 0.2) is 0 Å². The average molecular weight is 352 g/mol. The third-order valence-electron chi connectivity index (χ3n) is 5.37. The van der Waals surface area contributed by atoms with Crippen LogP contribution in [0.2, 0.25) is 0 Å². The molecule has 0 unspecified atom stereocenters. The van der Waals surface area contributed by atoms with Crippen LogP contribution in [0.1, 0.15) is 30.1 Å². The van der Waals surface area contributed by atoms with Gasteiger partial charge in [-0.2, -0.15) is 0 Å². The number of aromatic nitrogens is 2. The molecule has 2 N–H and O–H groups in total. The number of benzene rings is 1. The van der Waals surface area contributed by atoms with E-state index in [2.05, 4.69) is 15.3 Å². The van der Waals surface area contributed by atoms with Crippen molar-refractivity contribution >= 4 is 17.5 Å². The van der Waals surface area contributed by atoms with Crippen LogP contribution < -0.4 is 10.2 Å². The van der Waals surface area contributed by atoms with E-state index in [9.17, 15) is 9.59 Å². The molecule has 6 heteroatoms. The molecule has 2 atom stereocenters. The van der Waals surface area contributed by atoms with Gasteiger partial charge < -0.3 is 15.2 Å². The van der Waals surface area contributed by atoms with E-state index in [1.54, 1.807) is 0 Å². The lowest BCUT2D eigenvalue weighted by atomic mass is 9.89. The Kier molecular flexibility index (Phi) is 4.49. The first kappa shape index (κ1) is 16.8. The Hall–Kier alpha value is -2.63. The van der Waals surface area contributed by atoms with Crippen molar-refractivity contribution in [3.63, 3.8) is 0 Å². The van der Waals surface area contributed by atoms with Crippen LogP contribution >= 0.6 is 0 Å². The number of hydrogen-bond donors (Lipinski definition) is 2. The lowest BCUT2D eigenvalue weighted by Gasteiger charge is -2.21. The Morgan fingerprint density at radius 3 is 2.92 bits per heavy atom. The van der Waals surface area contributed by atoms with E-state index >= 15 is 0 Å². The van der Waals surface area contributed by atoms with Crippen molar-refractivity contribution in [3.05, 3.63) is 47.5 Å². The number of H-pyrrole nitrogens is 1. The first-order valence-corrected chi connectivity index (χ1v) is 9.27. The summed E-state index contributed by atoms with van der Waals surface area (Å²) in [6, 6.07) is 9.71. The number of carbonyl (C=O) groups excluding carboxylic acids is 2. The number of anilines is 1. The van der Waals surface area contributed by atoms with Crippen molar-refractivity contribution in [1.82, 2.24) is 15.3 Å². The lowest BCUT2D eigenvalue weighted by molar-refractivity contribution is -0.125. The summed E-state index contributed by atoms with van der Waals surface area (Å²) >= 11 is 0. The summed E-state index contributed by atoms with van der Waals surface area (Å²) < 4.78 is 0. The number of nitrogens with one attached hydrogen (secondary N) is 2. The third-order valence-corrected chi connectivity index (χ3v) is 5.37. The molecule has 4 rings (SSSR count). The molecular formula is C20H24N4O2. The van der Waals surface area contributed by atoms with Crippen LogP contribution in [-0.2, 0) is 22.4 Å². The second-order valence-electron chi connectivity index (χ2n) is 7.34. The van der Waals surface area contributed by atoms with Gasteiger partial charge >= 0.3 is 0 Å². The molecule has 26 heavy (non-hydrogen) atoms. The van der Waals surface area contributed by atoms with Crippen LogP contribution in [0, 0.1) is 18.8 Å². The van der Waals surface area contributed by atoms with Gasteiger partial charge in [0, 0.05) is 49.1 Å². The maximum atomic E-state index is 12.6. The Labute approximate surface area is 153 Å². The largest absolute Gasteiger partial charge is 0.355 e. The van der Waals surface area contributed by atoms with Gasteiger partial charge in [0.25, 0.3) is 0 Å². The molecule has 1 aromatic carbocycles. The van der Waals surface area contributed by atoms with E-state index in [0.717, 1.165) is 42.2 Å². The van der Waals surface area contributed by atoms with Crippen LogP contribution in [-0.4, -0.2) is 34.9 Å². The summed E-state index contributed by atoms with van der Waals surface area (Å²) in [4.78, 5) is 34.4. The minimum atomic E-state index is -0.00955. The highest BCUT2D eigenvalue weighted by Gasteiger charge is 2.32. The van der Waals surface area contributed by atoms with E-state index in [1.807, 2.05) is 42.2 Å². The van der Waals surface area contributed by atoms with E-state index < -0.39 is 0 Å². The Balaban J connectivity index is 1.31. The quantitative estimate of drug-likeness (QED) is 0.883.